The van der Waals surface area contributed by atoms with Crippen molar-refractivity contribution in [2.75, 3.05) is 0 Å². The van der Waals surface area contributed by atoms with Gasteiger partial charge in [-0.1, -0.05) is 0 Å². The van der Waals surface area contributed by atoms with Crippen molar-refractivity contribution in [2.24, 2.45) is 0 Å². The minimum atomic E-state index is -1.77. The van der Waals surface area contributed by atoms with Gasteiger partial charge in [0.15, 0.2) is 28.9 Å². The van der Waals surface area contributed by atoms with E-state index in [-0.39, 0.29) is 7.14 Å². The Hall–Kier alpha value is -0.980. The first-order valence-corrected chi connectivity index (χ1v) is 7.50. The summed E-state index contributed by atoms with van der Waals surface area (Å²) in [6.07, 6.45) is 3.36. The molecule has 0 bridgehead atoms. The lowest BCUT2D eigenvalue weighted by molar-refractivity contribution is 0.402. The highest BCUT2D eigenvalue weighted by Crippen LogP contribution is 2.26. The molecular weight excluding hydrogens is 516 g/mol. The molecule has 3 nitrogen and oxygen atoms in total. The smallest absolute Gasteiger partial charge is 0.198 e. The van der Waals surface area contributed by atoms with Gasteiger partial charge in [0.1, 0.15) is 0 Å². The van der Waals surface area contributed by atoms with Gasteiger partial charge in [0.2, 0.25) is 0 Å². The van der Waals surface area contributed by atoms with Gasteiger partial charge < -0.3 is 4.98 Å². The molecule has 3 rings (SSSR count). The summed E-state index contributed by atoms with van der Waals surface area (Å²) < 4.78 is 49.7. The van der Waals surface area contributed by atoms with Crippen LogP contribution < -0.4 is 0 Å². The van der Waals surface area contributed by atoms with E-state index in [0.717, 1.165) is 11.2 Å². The van der Waals surface area contributed by atoms with Crippen molar-refractivity contribution in [2.45, 2.75) is 0 Å². The summed E-state index contributed by atoms with van der Waals surface area (Å²) >= 11 is 2.82. The minimum Gasteiger partial charge on any atom is -0.343 e. The number of rotatable bonds is 0. The van der Waals surface area contributed by atoms with E-state index in [9.17, 15) is 17.6 Å². The zero-order valence-corrected chi connectivity index (χ0v) is 14.3. The number of nitrogens with zero attached hydrogens (tertiary/aromatic N) is 2. The predicted molar refractivity (Wildman–Crippen MR) is 85.6 cm³/mol. The van der Waals surface area contributed by atoms with E-state index in [1.807, 2.05) is 12.1 Å². The van der Waals surface area contributed by atoms with Gasteiger partial charge in [-0.25, -0.2) is 27.5 Å². The highest BCUT2D eigenvalue weighted by atomic mass is 127. The van der Waals surface area contributed by atoms with E-state index in [1.54, 1.807) is 12.5 Å². The van der Waals surface area contributed by atoms with Crippen LogP contribution in [0.25, 0.3) is 11.2 Å². The van der Waals surface area contributed by atoms with Gasteiger partial charge >= 0.3 is 0 Å². The fourth-order valence-electron chi connectivity index (χ4n) is 1.35. The van der Waals surface area contributed by atoms with Gasteiger partial charge in [-0.3, -0.25) is 0 Å². The predicted octanol–water partition coefficient (Wildman–Crippen LogP) is 4.41. The first-order chi connectivity index (χ1) is 9.93. The van der Waals surface area contributed by atoms with Crippen molar-refractivity contribution in [3.8, 4) is 0 Å². The van der Waals surface area contributed by atoms with Crippen molar-refractivity contribution in [3.05, 3.63) is 55.1 Å². The summed E-state index contributed by atoms with van der Waals surface area (Å²) in [5.41, 5.74) is 1.76. The Bertz CT molecular complexity index is 656. The number of hydrogen-bond donors (Lipinski definition) is 1. The normalized spacial score (nSPS) is 10.4. The molecule has 0 aliphatic heterocycles. The number of nitrogens with one attached hydrogen (secondary N) is 1. The van der Waals surface area contributed by atoms with Gasteiger partial charge in [-0.2, -0.15) is 0 Å². The number of halogens is 6. The Balaban J connectivity index is 0.000000159. The fourth-order valence-corrected chi connectivity index (χ4v) is 2.30. The van der Waals surface area contributed by atoms with Crippen LogP contribution >= 0.6 is 45.2 Å². The quantitative estimate of drug-likeness (QED) is 0.206. The standard InChI is InChI=1S/C6F4I2.C6H5N3/c7-1-2(8)4(10)6(12)5(11)3(1)9;1-2-5-6(7-3-1)9-4-8-5/h;1-4H,(H,7,8,9). The van der Waals surface area contributed by atoms with Crippen molar-refractivity contribution in [3.63, 3.8) is 0 Å². The average molecular weight is 521 g/mol. The van der Waals surface area contributed by atoms with Gasteiger partial charge in [0, 0.05) is 6.20 Å². The summed E-state index contributed by atoms with van der Waals surface area (Å²) in [5, 5.41) is 0. The van der Waals surface area contributed by atoms with E-state index in [2.05, 4.69) is 15.0 Å². The second kappa shape index (κ2) is 6.85. The minimum absolute atomic E-state index is 0.246. The van der Waals surface area contributed by atoms with E-state index < -0.39 is 23.3 Å². The number of aromatic nitrogens is 3. The molecule has 0 spiro atoms. The number of hydrogen-bond acceptors (Lipinski definition) is 2. The van der Waals surface area contributed by atoms with Crippen molar-refractivity contribution in [1.82, 2.24) is 15.0 Å². The van der Waals surface area contributed by atoms with Crippen LogP contribution in [0.5, 0.6) is 0 Å². The molecule has 2 heterocycles. The first kappa shape index (κ1) is 16.4. The molecular formula is C12H5F4I2N3. The molecule has 9 heteroatoms. The molecule has 0 aliphatic rings. The van der Waals surface area contributed by atoms with E-state index in [1.165, 1.54) is 45.2 Å². The highest BCUT2D eigenvalue weighted by Gasteiger charge is 2.21. The number of H-pyrrole nitrogens is 1. The molecule has 0 unspecified atom stereocenters. The molecule has 3 aromatic rings. The molecule has 110 valence electrons. The lowest BCUT2D eigenvalue weighted by Crippen LogP contribution is -2.02. The second-order valence-electron chi connectivity index (χ2n) is 3.66. The molecule has 2 aromatic heterocycles. The molecule has 0 saturated carbocycles. The second-order valence-corrected chi connectivity index (χ2v) is 5.82. The molecule has 0 fully saturated rings. The molecule has 1 N–H and O–H groups in total. The Morgan fingerprint density at radius 3 is 1.95 bits per heavy atom. The maximum absolute atomic E-state index is 12.6. The van der Waals surface area contributed by atoms with Crippen molar-refractivity contribution < 1.29 is 17.6 Å². The monoisotopic (exact) mass is 521 g/mol. The van der Waals surface area contributed by atoms with Gasteiger partial charge in [0.25, 0.3) is 0 Å². The number of pyridine rings is 1. The largest absolute Gasteiger partial charge is 0.343 e. The lowest BCUT2D eigenvalue weighted by Gasteiger charge is -2.02. The van der Waals surface area contributed by atoms with Crippen LogP contribution in [0.3, 0.4) is 0 Å². The average Bonchev–Trinajstić information content (AvgIpc) is 2.98. The lowest BCUT2D eigenvalue weighted by atomic mass is 10.3. The van der Waals surface area contributed by atoms with Crippen LogP contribution in [0.15, 0.2) is 24.7 Å². The molecule has 0 aliphatic carbocycles. The van der Waals surface area contributed by atoms with Crippen LogP contribution in [-0.4, -0.2) is 15.0 Å². The van der Waals surface area contributed by atoms with Crippen LogP contribution in [0, 0.1) is 30.4 Å². The third-order valence-electron chi connectivity index (χ3n) is 2.35. The Morgan fingerprint density at radius 2 is 1.43 bits per heavy atom. The first-order valence-electron chi connectivity index (χ1n) is 5.34. The Morgan fingerprint density at radius 1 is 0.857 bits per heavy atom. The zero-order valence-electron chi connectivity index (χ0n) is 9.97. The summed E-state index contributed by atoms with van der Waals surface area (Å²) in [5.74, 6) is -6.23. The Kier molecular flexibility index (Phi) is 5.35. The van der Waals surface area contributed by atoms with Crippen molar-refractivity contribution in [1.29, 1.82) is 0 Å². The molecule has 0 amide bonds. The summed E-state index contributed by atoms with van der Waals surface area (Å²) in [6, 6.07) is 3.82. The maximum atomic E-state index is 12.6. The van der Waals surface area contributed by atoms with E-state index in [0.29, 0.717) is 0 Å². The number of aromatic amines is 1. The number of fused-ring (bicyclic) bond motifs is 1. The molecule has 0 saturated heterocycles. The van der Waals surface area contributed by atoms with Gasteiger partial charge in [0.05, 0.1) is 19.0 Å². The summed E-state index contributed by atoms with van der Waals surface area (Å²) in [6.45, 7) is 0. The number of imidazole rings is 1. The maximum Gasteiger partial charge on any atom is 0.198 e. The fraction of sp³-hybridized carbons (Fsp3) is 0. The number of benzene rings is 1. The summed E-state index contributed by atoms with van der Waals surface area (Å²) in [7, 11) is 0. The Labute approximate surface area is 143 Å². The van der Waals surface area contributed by atoms with Crippen LogP contribution in [0.4, 0.5) is 17.6 Å². The summed E-state index contributed by atoms with van der Waals surface area (Å²) in [4.78, 5) is 10.9. The molecule has 0 radical (unpaired) electrons. The van der Waals surface area contributed by atoms with Crippen LogP contribution in [0.2, 0.25) is 0 Å². The van der Waals surface area contributed by atoms with Crippen LogP contribution in [0.1, 0.15) is 0 Å². The van der Waals surface area contributed by atoms with E-state index >= 15 is 0 Å². The SMILES string of the molecule is Fc1c(F)c(F)c(I)c(I)c1F.c1cnc2nc[nH]c2c1. The zero-order chi connectivity index (χ0) is 15.6. The topological polar surface area (TPSA) is 41.6 Å². The van der Waals surface area contributed by atoms with Crippen LogP contribution in [-0.2, 0) is 0 Å². The van der Waals surface area contributed by atoms with Crippen molar-refractivity contribution >= 4 is 56.3 Å². The van der Waals surface area contributed by atoms with Gasteiger partial charge in [-0.05, 0) is 57.3 Å². The molecule has 21 heavy (non-hydrogen) atoms. The third-order valence-corrected chi connectivity index (χ3v) is 5.41. The van der Waals surface area contributed by atoms with E-state index in [4.69, 9.17) is 0 Å². The molecule has 1 aromatic carbocycles. The van der Waals surface area contributed by atoms with Gasteiger partial charge in [-0.15, -0.1) is 0 Å². The third kappa shape index (κ3) is 3.44. The molecule has 0 atom stereocenters. The highest BCUT2D eigenvalue weighted by molar-refractivity contribution is 14.1.